The van der Waals surface area contributed by atoms with Crippen molar-refractivity contribution in [2.45, 2.75) is 71.6 Å². The van der Waals surface area contributed by atoms with Crippen molar-refractivity contribution < 1.29 is 8.83 Å². The van der Waals surface area contributed by atoms with Gasteiger partial charge in [0.05, 0.1) is 11.1 Å². The molecule has 0 saturated heterocycles. The average Bonchev–Trinajstić information content (AvgIpc) is 3.72. The third-order valence-corrected chi connectivity index (χ3v) is 10.9. The highest BCUT2D eigenvalue weighted by Gasteiger charge is 2.36. The quantitative estimate of drug-likeness (QED) is 0.190. The van der Waals surface area contributed by atoms with E-state index in [1.807, 2.05) is 12.1 Å². The first-order valence-corrected chi connectivity index (χ1v) is 17.8. The molecule has 0 atom stereocenters. The highest BCUT2D eigenvalue weighted by molar-refractivity contribution is 6.15. The number of benzene rings is 6. The van der Waals surface area contributed by atoms with Crippen LogP contribution < -0.4 is 4.90 Å². The summed E-state index contributed by atoms with van der Waals surface area (Å²) >= 11 is 0. The molecule has 8 aromatic rings. The second-order valence-electron chi connectivity index (χ2n) is 16.7. The Balaban J connectivity index is 1.36. The Bertz CT molecular complexity index is 2650. The molecule has 1 aliphatic carbocycles. The summed E-state index contributed by atoms with van der Waals surface area (Å²) in [4.78, 5) is 2.43. The van der Waals surface area contributed by atoms with Gasteiger partial charge in [0.2, 0.25) is 0 Å². The van der Waals surface area contributed by atoms with E-state index in [1.54, 1.807) is 0 Å². The maximum atomic E-state index is 6.86. The molecule has 0 amide bonds. The van der Waals surface area contributed by atoms with Crippen LogP contribution in [0.4, 0.5) is 17.1 Å². The highest BCUT2D eigenvalue weighted by atomic mass is 16.3. The van der Waals surface area contributed by atoms with Crippen LogP contribution >= 0.6 is 0 Å². The fraction of sp³-hybridized carbons (Fsp3) is 0.234. The first-order valence-electron chi connectivity index (χ1n) is 17.8. The van der Waals surface area contributed by atoms with Gasteiger partial charge >= 0.3 is 0 Å². The summed E-state index contributed by atoms with van der Waals surface area (Å²) in [6.45, 7) is 18.4. The number of hydrogen-bond donors (Lipinski definition) is 0. The molecule has 2 heterocycles. The number of para-hydroxylation sites is 1. The third kappa shape index (κ3) is 4.49. The van der Waals surface area contributed by atoms with Gasteiger partial charge < -0.3 is 13.7 Å². The lowest BCUT2D eigenvalue weighted by Crippen LogP contribution is -2.17. The van der Waals surface area contributed by atoms with Crippen LogP contribution in [0, 0.1) is 0 Å². The summed E-state index contributed by atoms with van der Waals surface area (Å²) in [5.41, 5.74) is 14.5. The maximum absolute atomic E-state index is 6.86. The Kier molecular flexibility index (Phi) is 6.38. The lowest BCUT2D eigenvalue weighted by molar-refractivity contribution is 0.559. The minimum atomic E-state index is -0.129. The van der Waals surface area contributed by atoms with Gasteiger partial charge in [0.25, 0.3) is 0 Å². The predicted molar refractivity (Wildman–Crippen MR) is 211 cm³/mol. The Morgan fingerprint density at radius 3 is 2.00 bits per heavy atom. The van der Waals surface area contributed by atoms with E-state index in [4.69, 9.17) is 8.83 Å². The summed E-state index contributed by atoms with van der Waals surface area (Å²) in [6.07, 6.45) is 0. The summed E-state index contributed by atoms with van der Waals surface area (Å²) in [5.74, 6) is 0. The van der Waals surface area contributed by atoms with E-state index < -0.39 is 0 Å². The molecular weight excluding hydrogens is 611 g/mol. The van der Waals surface area contributed by atoms with Gasteiger partial charge in [-0.15, -0.1) is 0 Å². The smallest absolute Gasteiger partial charge is 0.139 e. The largest absolute Gasteiger partial charge is 0.456 e. The number of anilines is 3. The van der Waals surface area contributed by atoms with E-state index in [0.29, 0.717) is 0 Å². The number of furan rings is 2. The SMILES string of the molecule is CC(C)(C)c1cc(C(C)(C)C)c2oc3cccc(N(c4ccc5c(c4)C(C)(C)c4ccccc4-5)c4ccc5oc6ccccc6c5c4)c3c2c1. The molecule has 6 aromatic carbocycles. The lowest BCUT2D eigenvalue weighted by atomic mass is 9.79. The molecule has 0 N–H and O–H groups in total. The van der Waals surface area contributed by atoms with E-state index in [2.05, 4.69) is 163 Å². The fourth-order valence-corrected chi connectivity index (χ4v) is 8.20. The van der Waals surface area contributed by atoms with Gasteiger partial charge in [0.1, 0.15) is 22.3 Å². The average molecular weight is 654 g/mol. The van der Waals surface area contributed by atoms with Crippen molar-refractivity contribution in [3.63, 3.8) is 0 Å². The van der Waals surface area contributed by atoms with E-state index in [-0.39, 0.29) is 16.2 Å². The molecule has 0 fully saturated rings. The maximum Gasteiger partial charge on any atom is 0.139 e. The van der Waals surface area contributed by atoms with Crippen molar-refractivity contribution in [3.8, 4) is 11.1 Å². The molecule has 0 radical (unpaired) electrons. The highest BCUT2D eigenvalue weighted by Crippen LogP contribution is 2.52. The van der Waals surface area contributed by atoms with Crippen LogP contribution in [0.1, 0.15) is 77.6 Å². The molecule has 0 spiro atoms. The van der Waals surface area contributed by atoms with Gasteiger partial charge in [-0.3, -0.25) is 0 Å². The molecule has 0 bridgehead atoms. The first kappa shape index (κ1) is 30.8. The van der Waals surface area contributed by atoms with E-state index in [1.165, 1.54) is 33.4 Å². The van der Waals surface area contributed by atoms with Crippen LogP contribution in [-0.4, -0.2) is 0 Å². The van der Waals surface area contributed by atoms with Crippen molar-refractivity contribution in [2.24, 2.45) is 0 Å². The van der Waals surface area contributed by atoms with E-state index in [0.717, 1.165) is 60.9 Å². The topological polar surface area (TPSA) is 29.5 Å². The normalized spacial score (nSPS) is 14.2. The van der Waals surface area contributed by atoms with Crippen LogP contribution in [0.25, 0.3) is 55.0 Å². The van der Waals surface area contributed by atoms with Gasteiger partial charge in [-0.05, 0) is 93.2 Å². The zero-order valence-corrected chi connectivity index (χ0v) is 30.2. The minimum Gasteiger partial charge on any atom is -0.456 e. The molecule has 2 aromatic heterocycles. The molecule has 0 saturated carbocycles. The van der Waals surface area contributed by atoms with Crippen molar-refractivity contribution in [3.05, 3.63) is 138 Å². The summed E-state index contributed by atoms with van der Waals surface area (Å²) in [5, 5.41) is 4.50. The number of fused-ring (bicyclic) bond motifs is 9. The van der Waals surface area contributed by atoms with Crippen LogP contribution in [0.3, 0.4) is 0 Å². The van der Waals surface area contributed by atoms with E-state index in [9.17, 15) is 0 Å². The molecule has 248 valence electrons. The number of nitrogens with zero attached hydrogens (tertiary/aromatic N) is 1. The lowest BCUT2D eigenvalue weighted by Gasteiger charge is -2.29. The zero-order chi connectivity index (χ0) is 34.7. The second-order valence-corrected chi connectivity index (χ2v) is 16.7. The molecule has 3 heteroatoms. The Labute approximate surface area is 294 Å². The molecule has 1 aliphatic rings. The second kappa shape index (κ2) is 10.4. The summed E-state index contributed by atoms with van der Waals surface area (Å²) in [7, 11) is 0. The first-order chi connectivity index (χ1) is 23.8. The third-order valence-electron chi connectivity index (χ3n) is 10.9. The minimum absolute atomic E-state index is 0.0274. The van der Waals surface area contributed by atoms with Crippen LogP contribution in [-0.2, 0) is 16.2 Å². The molecule has 3 nitrogen and oxygen atoms in total. The fourth-order valence-electron chi connectivity index (χ4n) is 8.20. The van der Waals surface area contributed by atoms with E-state index >= 15 is 0 Å². The summed E-state index contributed by atoms with van der Waals surface area (Å²) < 4.78 is 13.2. The van der Waals surface area contributed by atoms with Crippen molar-refractivity contribution >= 4 is 60.9 Å². The van der Waals surface area contributed by atoms with Gasteiger partial charge in [-0.25, -0.2) is 0 Å². The number of rotatable bonds is 3. The van der Waals surface area contributed by atoms with Gasteiger partial charge in [0.15, 0.2) is 0 Å². The standard InChI is InChI=1S/C47H43NO2/c1-45(2,3)28-24-35-43-39(17-13-19-42(43)50-44(35)38(25-28)46(4,5)6)48(29-21-23-41-34(26-29)33-15-10-12-18-40(33)49-41)30-20-22-32-31-14-9-11-16-36(31)47(7,8)37(32)27-30/h9-27H,1-8H3. The monoisotopic (exact) mass is 653 g/mol. The van der Waals surface area contributed by atoms with Crippen molar-refractivity contribution in [1.29, 1.82) is 0 Å². The van der Waals surface area contributed by atoms with Crippen molar-refractivity contribution in [1.82, 2.24) is 0 Å². The molecule has 9 rings (SSSR count). The molecular formula is C47H43NO2. The molecule has 0 unspecified atom stereocenters. The summed E-state index contributed by atoms with van der Waals surface area (Å²) in [6, 6.07) is 42.0. The van der Waals surface area contributed by atoms with Gasteiger partial charge in [0, 0.05) is 38.5 Å². The molecule has 50 heavy (non-hydrogen) atoms. The van der Waals surface area contributed by atoms with Crippen LogP contribution in [0.5, 0.6) is 0 Å². The number of hydrogen-bond acceptors (Lipinski definition) is 3. The van der Waals surface area contributed by atoms with Gasteiger partial charge in [-0.2, -0.15) is 0 Å². The Hall–Kier alpha value is -5.28. The zero-order valence-electron chi connectivity index (χ0n) is 30.2. The van der Waals surface area contributed by atoms with Gasteiger partial charge in [-0.1, -0.05) is 116 Å². The molecule has 0 aliphatic heterocycles. The van der Waals surface area contributed by atoms with Crippen molar-refractivity contribution in [2.75, 3.05) is 4.90 Å². The Morgan fingerprint density at radius 1 is 0.520 bits per heavy atom. The predicted octanol–water partition coefficient (Wildman–Crippen LogP) is 13.9. The van der Waals surface area contributed by atoms with Crippen LogP contribution in [0.2, 0.25) is 0 Å². The Morgan fingerprint density at radius 2 is 1.20 bits per heavy atom. The van der Waals surface area contributed by atoms with Crippen LogP contribution in [0.15, 0.2) is 124 Å².